The van der Waals surface area contributed by atoms with Crippen molar-refractivity contribution in [3.8, 4) is 0 Å². The molecule has 34 heavy (non-hydrogen) atoms. The van der Waals surface area contributed by atoms with Gasteiger partial charge in [-0.05, 0) is 37.7 Å². The van der Waals surface area contributed by atoms with Gasteiger partial charge in [0.1, 0.15) is 17.6 Å². The summed E-state index contributed by atoms with van der Waals surface area (Å²) in [6.07, 6.45) is 0.478. The van der Waals surface area contributed by atoms with Crippen LogP contribution in [0.15, 0.2) is 30.3 Å². The zero-order valence-electron chi connectivity index (χ0n) is 20.6. The van der Waals surface area contributed by atoms with Crippen molar-refractivity contribution in [1.29, 1.82) is 0 Å². The molecule has 4 rings (SSSR count). The monoisotopic (exact) mass is 472 g/mol. The number of aliphatic hydroxyl groups excluding tert-OH is 1. The van der Waals surface area contributed by atoms with E-state index in [0.717, 1.165) is 5.56 Å². The van der Waals surface area contributed by atoms with Gasteiger partial charge in [-0.2, -0.15) is 0 Å². The highest BCUT2D eigenvalue weighted by molar-refractivity contribution is 5.98. The van der Waals surface area contributed by atoms with E-state index in [1.807, 2.05) is 58.0 Å². The average Bonchev–Trinajstić information content (AvgIpc) is 3.31. The largest absolute Gasteiger partial charge is 0.466 e. The molecule has 1 aromatic rings. The molecular weight excluding hydrogens is 436 g/mol. The molecule has 3 fully saturated rings. The summed E-state index contributed by atoms with van der Waals surface area (Å²) < 4.78 is 12.0. The van der Waals surface area contributed by atoms with E-state index in [1.165, 1.54) is 4.90 Å². The molecule has 186 valence electrons. The van der Waals surface area contributed by atoms with Gasteiger partial charge in [0.05, 0.1) is 30.8 Å². The van der Waals surface area contributed by atoms with Crippen LogP contribution in [0, 0.1) is 23.7 Å². The fourth-order valence-corrected chi connectivity index (χ4v) is 6.43. The molecule has 7 atom stereocenters. The molecule has 0 aliphatic carbocycles. The summed E-state index contributed by atoms with van der Waals surface area (Å²) in [4.78, 5) is 42.4. The second-order valence-electron chi connectivity index (χ2n) is 10.4. The van der Waals surface area contributed by atoms with Crippen molar-refractivity contribution < 1.29 is 29.0 Å². The van der Waals surface area contributed by atoms with Crippen LogP contribution in [0.2, 0.25) is 0 Å². The van der Waals surface area contributed by atoms with Crippen LogP contribution < -0.4 is 5.32 Å². The predicted octanol–water partition coefficient (Wildman–Crippen LogP) is 1.89. The highest BCUT2D eigenvalue weighted by Crippen LogP contribution is 2.65. The first-order valence-corrected chi connectivity index (χ1v) is 12.2. The summed E-state index contributed by atoms with van der Waals surface area (Å²) in [5.41, 5.74) is -1.11. The Morgan fingerprint density at radius 3 is 2.56 bits per heavy atom. The third-order valence-electron chi connectivity index (χ3n) is 8.16. The minimum Gasteiger partial charge on any atom is -0.466 e. The highest BCUT2D eigenvalue weighted by atomic mass is 16.6. The van der Waals surface area contributed by atoms with Crippen LogP contribution in [0.25, 0.3) is 0 Å². The zero-order valence-corrected chi connectivity index (χ0v) is 20.6. The van der Waals surface area contributed by atoms with Crippen molar-refractivity contribution in [2.75, 3.05) is 13.2 Å². The van der Waals surface area contributed by atoms with Crippen LogP contribution in [0.4, 0.5) is 0 Å². The Hall–Kier alpha value is -2.45. The van der Waals surface area contributed by atoms with E-state index in [2.05, 4.69) is 5.32 Å². The maximum atomic E-state index is 14.0. The van der Waals surface area contributed by atoms with Gasteiger partial charge < -0.3 is 24.8 Å². The molecule has 3 heterocycles. The number of amides is 2. The maximum Gasteiger partial charge on any atom is 0.312 e. The third kappa shape index (κ3) is 3.53. The quantitative estimate of drug-likeness (QED) is 0.560. The second-order valence-corrected chi connectivity index (χ2v) is 10.4. The van der Waals surface area contributed by atoms with E-state index in [0.29, 0.717) is 13.0 Å². The summed E-state index contributed by atoms with van der Waals surface area (Å²) in [6.45, 7) is 9.61. The number of esters is 1. The van der Waals surface area contributed by atoms with Crippen LogP contribution in [-0.4, -0.2) is 64.3 Å². The van der Waals surface area contributed by atoms with Crippen molar-refractivity contribution in [3.63, 3.8) is 0 Å². The van der Waals surface area contributed by atoms with Gasteiger partial charge in [-0.15, -0.1) is 0 Å². The smallest absolute Gasteiger partial charge is 0.312 e. The number of likely N-dealkylation sites (tertiary alicyclic amines) is 1. The Kier molecular flexibility index (Phi) is 6.50. The number of nitrogens with one attached hydrogen (secondary N) is 1. The van der Waals surface area contributed by atoms with Gasteiger partial charge in [-0.1, -0.05) is 51.1 Å². The first kappa shape index (κ1) is 24.7. The normalized spacial score (nSPS) is 34.9. The van der Waals surface area contributed by atoms with E-state index in [1.54, 1.807) is 6.92 Å². The van der Waals surface area contributed by atoms with Gasteiger partial charge in [-0.3, -0.25) is 14.4 Å². The van der Waals surface area contributed by atoms with Gasteiger partial charge in [0.15, 0.2) is 0 Å². The number of fused-ring (bicyclic) bond motifs is 1. The summed E-state index contributed by atoms with van der Waals surface area (Å²) in [5.74, 6) is -2.90. The third-order valence-corrected chi connectivity index (χ3v) is 8.16. The molecule has 3 unspecified atom stereocenters. The fraction of sp³-hybridized carbons (Fsp3) is 0.654. The fourth-order valence-electron chi connectivity index (χ4n) is 6.43. The Labute approximate surface area is 201 Å². The molecule has 2 bridgehead atoms. The molecule has 3 aliphatic rings. The number of hydrogen-bond acceptors (Lipinski definition) is 6. The van der Waals surface area contributed by atoms with Gasteiger partial charge in [-0.25, -0.2) is 0 Å². The molecule has 1 spiro atoms. The molecule has 8 nitrogen and oxygen atoms in total. The van der Waals surface area contributed by atoms with E-state index < -0.39 is 41.1 Å². The van der Waals surface area contributed by atoms with E-state index in [9.17, 15) is 19.5 Å². The molecule has 2 amide bonds. The predicted molar refractivity (Wildman–Crippen MR) is 124 cm³/mol. The molecule has 0 radical (unpaired) electrons. The molecule has 8 heteroatoms. The topological polar surface area (TPSA) is 105 Å². The summed E-state index contributed by atoms with van der Waals surface area (Å²) >= 11 is 0. The number of nitrogens with zero attached hydrogens (tertiary/aromatic N) is 1. The second kappa shape index (κ2) is 8.96. The zero-order chi connectivity index (χ0) is 24.8. The standard InChI is InChI=1S/C26H36N2O6/c1-6-33-24(32)20-19-23(31)28(18(14-29)15(2)3)21(26(19)12-16(4)25(20,5)34-26)22(30)27-13-17-10-8-7-9-11-17/h7-11,15-16,18-21,29H,6,12-14H2,1-5H3,(H,27,30)/t16?,18-,19-,20-,21?,25+,26?/m0/s1. The lowest BCUT2D eigenvalue weighted by Crippen LogP contribution is -2.59. The maximum absolute atomic E-state index is 14.0. The minimum atomic E-state index is -1.15. The molecule has 3 saturated heterocycles. The lowest BCUT2D eigenvalue weighted by molar-refractivity contribution is -0.162. The van der Waals surface area contributed by atoms with Crippen LogP contribution in [0.1, 0.15) is 46.6 Å². The van der Waals surface area contributed by atoms with Crippen molar-refractivity contribution in [2.24, 2.45) is 23.7 Å². The number of hydrogen-bond donors (Lipinski definition) is 2. The lowest BCUT2D eigenvalue weighted by Gasteiger charge is -2.38. The Balaban J connectivity index is 1.76. The molecule has 2 N–H and O–H groups in total. The molecule has 0 saturated carbocycles. The van der Waals surface area contributed by atoms with Gasteiger partial charge in [0, 0.05) is 6.54 Å². The number of carbonyl (C=O) groups excluding carboxylic acids is 3. The van der Waals surface area contributed by atoms with Gasteiger partial charge >= 0.3 is 5.97 Å². The van der Waals surface area contributed by atoms with Crippen LogP contribution in [-0.2, 0) is 30.4 Å². The average molecular weight is 473 g/mol. The van der Waals surface area contributed by atoms with Crippen LogP contribution >= 0.6 is 0 Å². The Bertz CT molecular complexity index is 952. The van der Waals surface area contributed by atoms with Gasteiger partial charge in [0.2, 0.25) is 11.8 Å². The summed E-state index contributed by atoms with van der Waals surface area (Å²) in [6, 6.07) is 8.02. The van der Waals surface area contributed by atoms with Crippen LogP contribution in [0.3, 0.4) is 0 Å². The molecule has 3 aliphatic heterocycles. The van der Waals surface area contributed by atoms with Crippen molar-refractivity contribution in [2.45, 2.75) is 70.9 Å². The van der Waals surface area contributed by atoms with Crippen LogP contribution in [0.5, 0.6) is 0 Å². The van der Waals surface area contributed by atoms with Gasteiger partial charge in [0.25, 0.3) is 0 Å². The number of ether oxygens (including phenoxy) is 2. The summed E-state index contributed by atoms with van der Waals surface area (Å²) in [5, 5.41) is 13.2. The first-order valence-electron chi connectivity index (χ1n) is 12.2. The molecule has 1 aromatic carbocycles. The minimum absolute atomic E-state index is 0.0537. The first-order chi connectivity index (χ1) is 16.1. The lowest BCUT2D eigenvalue weighted by atomic mass is 9.62. The molecule has 0 aromatic heterocycles. The van der Waals surface area contributed by atoms with E-state index in [-0.39, 0.29) is 36.9 Å². The number of aliphatic hydroxyl groups is 1. The number of benzene rings is 1. The van der Waals surface area contributed by atoms with Crippen molar-refractivity contribution >= 4 is 17.8 Å². The number of carbonyl (C=O) groups is 3. The molecular formula is C26H36N2O6. The summed E-state index contributed by atoms with van der Waals surface area (Å²) in [7, 11) is 0. The highest BCUT2D eigenvalue weighted by Gasteiger charge is 2.80. The number of rotatable bonds is 8. The Morgan fingerprint density at radius 1 is 1.29 bits per heavy atom. The van der Waals surface area contributed by atoms with Crippen molar-refractivity contribution in [1.82, 2.24) is 10.2 Å². The Morgan fingerprint density at radius 2 is 1.97 bits per heavy atom. The van der Waals surface area contributed by atoms with E-state index >= 15 is 0 Å². The van der Waals surface area contributed by atoms with E-state index in [4.69, 9.17) is 9.47 Å². The SMILES string of the molecule is CCOC(=O)[C@@H]1[C@H]2C(=O)N([C@@H](CO)C(C)C)C(C(=O)NCc3ccccc3)C23CC(C)[C@@]1(C)O3. The van der Waals surface area contributed by atoms with Crippen molar-refractivity contribution in [3.05, 3.63) is 35.9 Å².